The molecule has 3 amide bonds. The monoisotopic (exact) mass is 792 g/mol. The average molecular weight is 793 g/mol. The largest absolute Gasteiger partial charge is 0.374 e. The Balaban J connectivity index is 0.760. The minimum absolute atomic E-state index is 0.0497. The van der Waals surface area contributed by atoms with Crippen molar-refractivity contribution in [2.45, 2.75) is 107 Å². The van der Waals surface area contributed by atoms with Crippen molar-refractivity contribution in [3.63, 3.8) is 0 Å². The van der Waals surface area contributed by atoms with Crippen LogP contribution in [0.1, 0.15) is 88.5 Å². The first kappa shape index (κ1) is 39.3. The molecule has 12 nitrogen and oxygen atoms in total. The van der Waals surface area contributed by atoms with Crippen molar-refractivity contribution in [2.24, 2.45) is 5.92 Å². The number of piperidine rings is 2. The first-order chi connectivity index (χ1) is 28.2. The van der Waals surface area contributed by atoms with Gasteiger partial charge in [0.05, 0.1) is 6.20 Å². The van der Waals surface area contributed by atoms with E-state index in [4.69, 9.17) is 0 Å². The second-order valence-corrected chi connectivity index (χ2v) is 16.3. The van der Waals surface area contributed by atoms with Gasteiger partial charge in [0, 0.05) is 59.7 Å². The lowest BCUT2D eigenvalue weighted by Gasteiger charge is -2.41. The van der Waals surface area contributed by atoms with Crippen LogP contribution in [0.2, 0.25) is 0 Å². The van der Waals surface area contributed by atoms with Crippen molar-refractivity contribution in [2.75, 3.05) is 23.7 Å². The molecule has 2 saturated heterocycles. The molecule has 4 N–H and O–H groups in total. The minimum Gasteiger partial charge on any atom is -0.374 e. The third-order valence-electron chi connectivity index (χ3n) is 12.5. The molecule has 304 valence electrons. The van der Waals surface area contributed by atoms with Gasteiger partial charge < -0.3 is 20.9 Å². The van der Waals surface area contributed by atoms with Crippen LogP contribution in [0.5, 0.6) is 0 Å². The molecule has 4 heterocycles. The van der Waals surface area contributed by atoms with E-state index in [-0.39, 0.29) is 65.1 Å². The number of benzene rings is 2. The molecule has 2 aromatic heterocycles. The van der Waals surface area contributed by atoms with Crippen LogP contribution in [-0.2, 0) is 14.4 Å². The molecule has 1 atom stereocenters. The van der Waals surface area contributed by atoms with Gasteiger partial charge in [-0.2, -0.15) is 0 Å². The Kier molecular flexibility index (Phi) is 11.9. The van der Waals surface area contributed by atoms with Crippen molar-refractivity contribution >= 4 is 29.4 Å². The zero-order valence-corrected chi connectivity index (χ0v) is 32.5. The van der Waals surface area contributed by atoms with Crippen molar-refractivity contribution in [1.82, 2.24) is 30.1 Å². The van der Waals surface area contributed by atoms with Crippen molar-refractivity contribution in [1.29, 1.82) is 0 Å². The average Bonchev–Trinajstić information content (AvgIpc) is 3.23. The lowest BCUT2D eigenvalue weighted by Crippen LogP contribution is -2.47. The van der Waals surface area contributed by atoms with Crippen LogP contribution >= 0.6 is 0 Å². The number of aromatic nitrogens is 3. The predicted octanol–water partition coefficient (Wildman–Crippen LogP) is 6.07. The number of pyridine rings is 1. The Morgan fingerprint density at radius 1 is 0.776 bits per heavy atom. The summed E-state index contributed by atoms with van der Waals surface area (Å²) in [7, 11) is 0. The quantitative estimate of drug-likeness (QED) is 0.141. The number of hydrogen-bond donors (Lipinski definition) is 4. The second kappa shape index (κ2) is 17.6. The van der Waals surface area contributed by atoms with Gasteiger partial charge in [-0.15, -0.1) is 0 Å². The standard InChI is InChI=1S/C44H50F2N8O4/c45-36-25-32(48-38-17-18-39(55)51-43(38)58)13-16-35(36)27-19-22-53(23-20-27)33-14-11-30(12-15-33)49-42(57)28-7-9-31(10-8-28)50-44-47-26-37(46)41(52-44)29-4-3-5-34(24-29)54-21-2-1-6-40(54)56/h1-6,13,16,21,24-28,30-31,33,38,48H,7-12,14-15,17-20,22-23H2,(H,49,57)(H,47,50,52)(H,51,55,58)/t28-,30?,31-,33?,38-/m0/s1. The highest BCUT2D eigenvalue weighted by Gasteiger charge is 2.33. The molecule has 2 aliphatic carbocycles. The summed E-state index contributed by atoms with van der Waals surface area (Å²) in [5, 5.41) is 12.1. The topological polar surface area (TPSA) is 150 Å². The van der Waals surface area contributed by atoms with E-state index in [1.54, 1.807) is 42.6 Å². The SMILES string of the molecule is O=C1CC[C@H](Nc2ccc(C3CCN(C4CCC(NC(=O)[C@H]5CC[C@H](Nc6ncc(F)c(-c7cccc(-n8ccccc8=O)c7)n6)CC5)CC4)CC3)c(F)c2)C(=O)N1. The van der Waals surface area contributed by atoms with Crippen molar-refractivity contribution < 1.29 is 23.2 Å². The van der Waals surface area contributed by atoms with E-state index in [1.165, 1.54) is 16.7 Å². The zero-order chi connectivity index (χ0) is 40.2. The summed E-state index contributed by atoms with van der Waals surface area (Å²) in [5.74, 6) is -0.936. The van der Waals surface area contributed by atoms with Crippen molar-refractivity contribution in [3.8, 4) is 16.9 Å². The fourth-order valence-corrected chi connectivity index (χ4v) is 9.23. The summed E-state index contributed by atoms with van der Waals surface area (Å²) in [4.78, 5) is 60.5. The number of likely N-dealkylation sites (tertiary alicyclic amines) is 1. The number of hydrogen-bond acceptors (Lipinski definition) is 9. The highest BCUT2D eigenvalue weighted by molar-refractivity contribution is 6.01. The summed E-state index contributed by atoms with van der Waals surface area (Å²) < 4.78 is 31.7. The molecule has 2 aromatic carbocycles. The van der Waals surface area contributed by atoms with Crippen LogP contribution in [0.15, 0.2) is 77.9 Å². The van der Waals surface area contributed by atoms with Crippen LogP contribution in [-0.4, -0.2) is 74.4 Å². The summed E-state index contributed by atoms with van der Waals surface area (Å²) in [5.41, 5.74) is 2.36. The Morgan fingerprint density at radius 3 is 2.29 bits per heavy atom. The second-order valence-electron chi connectivity index (χ2n) is 16.3. The van der Waals surface area contributed by atoms with Gasteiger partial charge in [0.2, 0.25) is 23.7 Å². The number of halogens is 2. The van der Waals surface area contributed by atoms with Crippen LogP contribution in [0.3, 0.4) is 0 Å². The maximum Gasteiger partial charge on any atom is 0.255 e. The lowest BCUT2D eigenvalue weighted by atomic mass is 9.83. The molecule has 4 aromatic rings. The summed E-state index contributed by atoms with van der Waals surface area (Å²) in [6.07, 6.45) is 12.2. The van der Waals surface area contributed by atoms with Gasteiger partial charge in [0.25, 0.3) is 5.56 Å². The molecular formula is C44H50F2N8O4. The smallest absolute Gasteiger partial charge is 0.255 e. The molecular weight excluding hydrogens is 743 g/mol. The Morgan fingerprint density at radius 2 is 1.55 bits per heavy atom. The van der Waals surface area contributed by atoms with E-state index in [1.807, 2.05) is 12.1 Å². The van der Waals surface area contributed by atoms with Crippen LogP contribution < -0.4 is 26.8 Å². The number of rotatable bonds is 10. The molecule has 14 heteroatoms. The fraction of sp³-hybridized carbons (Fsp3) is 0.455. The van der Waals surface area contributed by atoms with Crippen molar-refractivity contribution in [3.05, 3.63) is 101 Å². The first-order valence-electron chi connectivity index (χ1n) is 20.7. The van der Waals surface area contributed by atoms with Gasteiger partial charge in [-0.1, -0.05) is 24.3 Å². The molecule has 58 heavy (non-hydrogen) atoms. The molecule has 0 radical (unpaired) electrons. The number of anilines is 2. The summed E-state index contributed by atoms with van der Waals surface area (Å²) in [6.45, 7) is 1.82. The molecule has 0 bridgehead atoms. The lowest BCUT2D eigenvalue weighted by molar-refractivity contribution is -0.133. The Labute approximate surface area is 336 Å². The van der Waals surface area contributed by atoms with E-state index in [0.717, 1.165) is 83.5 Å². The number of imide groups is 1. The Bertz CT molecular complexity index is 2190. The third kappa shape index (κ3) is 9.12. The maximum absolute atomic E-state index is 15.3. The van der Waals surface area contributed by atoms with Gasteiger partial charge in [-0.3, -0.25) is 29.1 Å². The minimum atomic E-state index is -0.555. The van der Waals surface area contributed by atoms with E-state index in [0.29, 0.717) is 40.9 Å². The number of amides is 3. The fourth-order valence-electron chi connectivity index (χ4n) is 9.23. The Hall–Kier alpha value is -5.50. The van der Waals surface area contributed by atoms with E-state index in [9.17, 15) is 23.6 Å². The highest BCUT2D eigenvalue weighted by atomic mass is 19.1. The van der Waals surface area contributed by atoms with Gasteiger partial charge in [0.1, 0.15) is 17.6 Å². The van der Waals surface area contributed by atoms with Crippen LogP contribution in [0.4, 0.5) is 20.4 Å². The third-order valence-corrected chi connectivity index (χ3v) is 12.5. The molecule has 8 rings (SSSR count). The number of carbonyl (C=O) groups excluding carboxylic acids is 3. The van der Waals surface area contributed by atoms with E-state index < -0.39 is 11.9 Å². The number of carbonyl (C=O) groups is 3. The van der Waals surface area contributed by atoms with Gasteiger partial charge in [0.15, 0.2) is 5.82 Å². The molecule has 2 aliphatic heterocycles. The van der Waals surface area contributed by atoms with E-state index in [2.05, 4.69) is 36.1 Å². The predicted molar refractivity (Wildman–Crippen MR) is 216 cm³/mol. The van der Waals surface area contributed by atoms with E-state index >= 15 is 4.39 Å². The summed E-state index contributed by atoms with van der Waals surface area (Å²) in [6, 6.07) is 17.2. The number of nitrogens with zero attached hydrogens (tertiary/aromatic N) is 4. The molecule has 2 saturated carbocycles. The highest BCUT2D eigenvalue weighted by Crippen LogP contribution is 2.35. The molecule has 0 unspecified atom stereocenters. The maximum atomic E-state index is 15.3. The molecule has 0 spiro atoms. The summed E-state index contributed by atoms with van der Waals surface area (Å²) >= 11 is 0. The van der Waals surface area contributed by atoms with Gasteiger partial charge in [-0.05, 0) is 126 Å². The van der Waals surface area contributed by atoms with Crippen LogP contribution in [0, 0.1) is 17.6 Å². The molecule has 4 fully saturated rings. The normalized spacial score (nSPS) is 24.5. The van der Waals surface area contributed by atoms with Crippen LogP contribution in [0.25, 0.3) is 16.9 Å². The van der Waals surface area contributed by atoms with Gasteiger partial charge in [-0.25, -0.2) is 18.7 Å². The number of nitrogens with one attached hydrogen (secondary N) is 4. The first-order valence-corrected chi connectivity index (χ1v) is 20.7. The van der Waals surface area contributed by atoms with Gasteiger partial charge >= 0.3 is 0 Å². The zero-order valence-electron chi connectivity index (χ0n) is 32.5. The molecule has 4 aliphatic rings.